The maximum absolute atomic E-state index is 10.3. The first kappa shape index (κ1) is 15.6. The first-order chi connectivity index (χ1) is 5.63. The largest absolute Gasteiger partial charge is 1.00 e. The molecule has 1 rings (SSSR count). The zero-order chi connectivity index (χ0) is 9.14. The average Bonchev–Trinajstić information content (AvgIpc) is 2.04. The molecule has 0 amide bonds. The second kappa shape index (κ2) is 6.56. The van der Waals surface area contributed by atoms with Crippen molar-refractivity contribution in [1.82, 2.24) is 6.15 Å². The summed E-state index contributed by atoms with van der Waals surface area (Å²) in [5.41, 5.74) is -0.727. The fraction of sp³-hybridized carbons (Fsp3) is 0. The zero-order valence-corrected chi connectivity index (χ0v) is 9.94. The van der Waals surface area contributed by atoms with Crippen molar-refractivity contribution in [3.8, 4) is 0 Å². The third-order valence-electron chi connectivity index (χ3n) is 1.37. The Labute approximate surface area is 103 Å². The number of carbonyl (C=O) groups is 2. The maximum Gasteiger partial charge on any atom is 1.00 e. The molecule has 70 valence electrons. The predicted octanol–water partition coefficient (Wildman–Crippen LogP) is -4.21. The van der Waals surface area contributed by atoms with Gasteiger partial charge in [0.2, 0.25) is 0 Å². The Morgan fingerprint density at radius 3 is 1.43 bits per heavy atom. The number of hydrogen-bond donors (Lipinski definition) is 1. The molecule has 0 atom stereocenters. The van der Waals surface area contributed by atoms with Crippen molar-refractivity contribution in [2.75, 3.05) is 0 Å². The molecule has 5 nitrogen and oxygen atoms in total. The quantitative estimate of drug-likeness (QED) is 0.492. The topological polar surface area (TPSA) is 117 Å². The first-order valence-corrected chi connectivity index (χ1v) is 3.14. The van der Waals surface area contributed by atoms with Crippen molar-refractivity contribution in [3.05, 3.63) is 35.4 Å². The number of carboxylic acids is 2. The van der Waals surface area contributed by atoms with Gasteiger partial charge in [0.25, 0.3) is 0 Å². The van der Waals surface area contributed by atoms with E-state index in [0.29, 0.717) is 0 Å². The smallest absolute Gasteiger partial charge is 0.545 e. The Morgan fingerprint density at radius 1 is 0.929 bits per heavy atom. The molecule has 0 saturated carbocycles. The van der Waals surface area contributed by atoms with Crippen LogP contribution < -0.4 is 45.9 Å². The van der Waals surface area contributed by atoms with Gasteiger partial charge in [0, 0.05) is 11.1 Å². The second-order valence-electron chi connectivity index (χ2n) is 2.12. The fourth-order valence-corrected chi connectivity index (χ4v) is 0.839. The second-order valence-corrected chi connectivity index (χ2v) is 2.12. The Bertz CT molecular complexity index is 307. The van der Waals surface area contributed by atoms with Crippen molar-refractivity contribution in [2.45, 2.75) is 0 Å². The van der Waals surface area contributed by atoms with Gasteiger partial charge >= 0.3 is 29.6 Å². The molecule has 1 aromatic carbocycles. The van der Waals surface area contributed by atoms with Crippen LogP contribution in [0.15, 0.2) is 24.3 Å². The van der Waals surface area contributed by atoms with Gasteiger partial charge in [-0.3, -0.25) is 0 Å². The molecule has 0 fully saturated rings. The molecule has 0 unspecified atom stereocenters. The number of carboxylic acid groups (broad SMARTS) is 2. The number of quaternary nitrogens is 1. The van der Waals surface area contributed by atoms with Gasteiger partial charge in [-0.05, 0) is 0 Å². The molecule has 0 aliphatic heterocycles. The molecule has 0 bridgehead atoms. The Hall–Kier alpha value is -0.880. The van der Waals surface area contributed by atoms with Gasteiger partial charge in [0.1, 0.15) is 0 Å². The molecule has 6 heteroatoms. The van der Waals surface area contributed by atoms with Gasteiger partial charge in [-0.25, -0.2) is 0 Å². The van der Waals surface area contributed by atoms with E-state index in [-0.39, 0.29) is 46.8 Å². The fourth-order valence-electron chi connectivity index (χ4n) is 0.839. The number of carbonyl (C=O) groups excluding carboxylic acids is 2. The van der Waals surface area contributed by atoms with Crippen molar-refractivity contribution >= 4 is 11.9 Å². The number of benzene rings is 1. The van der Waals surface area contributed by atoms with E-state index in [0.717, 1.165) is 12.1 Å². The summed E-state index contributed by atoms with van der Waals surface area (Å²) in [7, 11) is 0. The third-order valence-corrected chi connectivity index (χ3v) is 1.37. The minimum atomic E-state index is -1.52. The predicted molar refractivity (Wildman–Crippen MR) is 41.1 cm³/mol. The molecule has 0 radical (unpaired) electrons. The van der Waals surface area contributed by atoms with Crippen molar-refractivity contribution in [3.63, 3.8) is 0 Å². The average molecular weight is 205 g/mol. The van der Waals surface area contributed by atoms with Crippen LogP contribution in [0.3, 0.4) is 0 Å². The normalized spacial score (nSPS) is 8.00. The van der Waals surface area contributed by atoms with E-state index in [2.05, 4.69) is 0 Å². The van der Waals surface area contributed by atoms with Gasteiger partial charge in [-0.15, -0.1) is 0 Å². The minimum absolute atomic E-state index is 0. The standard InChI is InChI=1S/C8H6O4.H3N.Na/c9-7(10)5-3-1-2-4-6(5)8(11)12;;/h1-4H,(H,9,10)(H,11,12);1H3;/q;;+1/p-1. The summed E-state index contributed by atoms with van der Waals surface area (Å²) in [4.78, 5) is 20.6. The third kappa shape index (κ3) is 3.47. The van der Waals surface area contributed by atoms with E-state index < -0.39 is 11.9 Å². The van der Waals surface area contributed by atoms with Crippen LogP contribution in [0.1, 0.15) is 20.7 Å². The first-order valence-electron chi connectivity index (χ1n) is 3.14. The molecule has 0 saturated heterocycles. The van der Waals surface area contributed by atoms with Gasteiger partial charge in [0.15, 0.2) is 0 Å². The summed E-state index contributed by atoms with van der Waals surface area (Å²) in [6.45, 7) is 0. The number of rotatable bonds is 2. The van der Waals surface area contributed by atoms with Crippen LogP contribution in [0.5, 0.6) is 0 Å². The van der Waals surface area contributed by atoms with Crippen LogP contribution in [0.4, 0.5) is 0 Å². The van der Waals surface area contributed by atoms with Crippen molar-refractivity contribution in [2.24, 2.45) is 0 Å². The summed E-state index contributed by atoms with van der Waals surface area (Å²) >= 11 is 0. The molecule has 0 spiro atoms. The molecule has 4 N–H and O–H groups in total. The van der Waals surface area contributed by atoms with E-state index in [9.17, 15) is 19.8 Å². The van der Waals surface area contributed by atoms with E-state index in [1.54, 1.807) is 0 Å². The number of aromatic carboxylic acids is 2. The summed E-state index contributed by atoms with van der Waals surface area (Å²) in [5.74, 6) is -3.04. The molecular weight excluding hydrogens is 197 g/mol. The Morgan fingerprint density at radius 2 is 1.21 bits per heavy atom. The zero-order valence-electron chi connectivity index (χ0n) is 7.94. The van der Waals surface area contributed by atoms with Crippen LogP contribution in [0, 0.1) is 0 Å². The van der Waals surface area contributed by atoms with E-state index in [1.807, 2.05) is 0 Å². The van der Waals surface area contributed by atoms with Gasteiger partial charge < -0.3 is 26.0 Å². The monoisotopic (exact) mass is 205 g/mol. The molecule has 0 heterocycles. The number of hydrogen-bond acceptors (Lipinski definition) is 4. The Balaban J connectivity index is 0. The van der Waals surface area contributed by atoms with Crippen molar-refractivity contribution < 1.29 is 49.4 Å². The molecular formula is C8H8NNaO4. The molecule has 1 aromatic rings. The minimum Gasteiger partial charge on any atom is -0.545 e. The summed E-state index contributed by atoms with van der Waals surface area (Å²) in [5, 5.41) is 20.6. The van der Waals surface area contributed by atoms with Crippen LogP contribution in [-0.4, -0.2) is 11.9 Å². The molecule has 14 heavy (non-hydrogen) atoms. The Kier molecular flexibility index (Phi) is 7.30. The summed E-state index contributed by atoms with van der Waals surface area (Å²) in [6, 6.07) is 5.14. The maximum atomic E-state index is 10.3. The van der Waals surface area contributed by atoms with Gasteiger partial charge in [-0.2, -0.15) is 0 Å². The van der Waals surface area contributed by atoms with E-state index in [4.69, 9.17) is 0 Å². The van der Waals surface area contributed by atoms with Crippen LogP contribution in [0.25, 0.3) is 0 Å². The SMILES string of the molecule is O=C([O-])c1ccccc1C(=O)[O-].[NH4+].[Na+]. The van der Waals surface area contributed by atoms with Crippen molar-refractivity contribution in [1.29, 1.82) is 0 Å². The van der Waals surface area contributed by atoms with E-state index >= 15 is 0 Å². The van der Waals surface area contributed by atoms with E-state index in [1.165, 1.54) is 12.1 Å². The summed E-state index contributed by atoms with van der Waals surface area (Å²) in [6.07, 6.45) is 0. The van der Waals surface area contributed by atoms with Gasteiger partial charge in [0.05, 0.1) is 11.9 Å². The van der Waals surface area contributed by atoms with Gasteiger partial charge in [-0.1, -0.05) is 24.3 Å². The summed E-state index contributed by atoms with van der Waals surface area (Å²) < 4.78 is 0. The van der Waals surface area contributed by atoms with Crippen LogP contribution in [0.2, 0.25) is 0 Å². The van der Waals surface area contributed by atoms with Crippen LogP contribution in [-0.2, 0) is 0 Å². The molecule has 0 aliphatic rings. The molecule has 0 aliphatic carbocycles. The molecule has 0 aromatic heterocycles. The van der Waals surface area contributed by atoms with Crippen LogP contribution >= 0.6 is 0 Å².